The molecule has 0 unspecified atom stereocenters. The monoisotopic (exact) mass is 422 g/mol. The lowest BCUT2D eigenvalue weighted by atomic mass is 9.93. The van der Waals surface area contributed by atoms with Gasteiger partial charge in [-0.3, -0.25) is 24.5 Å². The summed E-state index contributed by atoms with van der Waals surface area (Å²) < 4.78 is 18.2. The quantitative estimate of drug-likeness (QED) is 0.467. The smallest absolute Gasteiger partial charge is 0.411 e. The Hall–Kier alpha value is -3.50. The summed E-state index contributed by atoms with van der Waals surface area (Å²) in [4.78, 5) is 60.6. The minimum Gasteiger partial charge on any atom is -0.453 e. The van der Waals surface area contributed by atoms with E-state index in [1.54, 1.807) is 6.92 Å². The first kappa shape index (κ1) is 22.8. The minimum atomic E-state index is -1.33. The first-order valence-electron chi connectivity index (χ1n) is 9.18. The molecule has 4 N–H and O–H groups in total. The highest BCUT2D eigenvalue weighted by molar-refractivity contribution is 6.38. The third kappa shape index (κ3) is 5.52. The number of amides is 4. The lowest BCUT2D eigenvalue weighted by Crippen LogP contribution is -2.48. The number of likely N-dealkylation sites (N-methyl/N-ethyl adjacent to an activating group) is 1. The van der Waals surface area contributed by atoms with Crippen LogP contribution in [0.5, 0.6) is 0 Å². The molecule has 1 saturated heterocycles. The Morgan fingerprint density at radius 1 is 1.30 bits per heavy atom. The van der Waals surface area contributed by atoms with Crippen LogP contribution in [0.15, 0.2) is 18.2 Å². The van der Waals surface area contributed by atoms with Crippen molar-refractivity contribution in [1.29, 1.82) is 0 Å². The number of hydrogen-bond donors (Lipinski definition) is 4. The van der Waals surface area contributed by atoms with Crippen molar-refractivity contribution in [2.45, 2.75) is 31.8 Å². The molecule has 3 atom stereocenters. The number of hydrogen-bond acceptors (Lipinski definition) is 6. The summed E-state index contributed by atoms with van der Waals surface area (Å²) in [5.41, 5.74) is -0.335. The second-order valence-corrected chi connectivity index (χ2v) is 6.85. The predicted octanol–water partition coefficient (Wildman–Crippen LogP) is 0.332. The summed E-state index contributed by atoms with van der Waals surface area (Å²) in [7, 11) is 2.37. The molecule has 0 saturated carbocycles. The van der Waals surface area contributed by atoms with Crippen LogP contribution in [-0.2, 0) is 19.1 Å². The number of carbonyl (C=O) groups is 5. The highest BCUT2D eigenvalue weighted by Gasteiger charge is 2.36. The molecule has 0 spiro atoms. The van der Waals surface area contributed by atoms with Crippen LogP contribution in [0.25, 0.3) is 0 Å². The van der Waals surface area contributed by atoms with Gasteiger partial charge in [-0.2, -0.15) is 0 Å². The lowest BCUT2D eigenvalue weighted by Gasteiger charge is -2.20. The standard InChI is InChI=1S/C19H23FN4O6/c1-9-6-10(16(26)22-9)7-14(15(25)18(28)21-2)23-17(27)12-8-11(20)4-5-13(12)24-19(29)30-3/h4-5,8-10,14H,6-7H2,1-3H3,(H,21,28)(H,22,26)(H,23,27)(H,24,29)/t9-,10+,14+/m1/s1. The molecule has 1 fully saturated rings. The molecule has 1 aromatic rings. The number of Topliss-reactive ketones (excluding diaryl/α,β-unsaturated/α-hetero) is 1. The fourth-order valence-corrected chi connectivity index (χ4v) is 3.16. The number of methoxy groups -OCH3 is 1. The summed E-state index contributed by atoms with van der Waals surface area (Å²) in [5.74, 6) is -4.43. The summed E-state index contributed by atoms with van der Waals surface area (Å²) in [6.45, 7) is 1.80. The summed E-state index contributed by atoms with van der Waals surface area (Å²) >= 11 is 0. The topological polar surface area (TPSA) is 143 Å². The first-order chi connectivity index (χ1) is 14.2. The molecular weight excluding hydrogens is 399 g/mol. The van der Waals surface area contributed by atoms with Gasteiger partial charge in [-0.1, -0.05) is 0 Å². The van der Waals surface area contributed by atoms with Gasteiger partial charge < -0.3 is 20.7 Å². The Bertz CT molecular complexity index is 875. The fourth-order valence-electron chi connectivity index (χ4n) is 3.16. The fraction of sp³-hybridized carbons (Fsp3) is 0.421. The Morgan fingerprint density at radius 2 is 2.00 bits per heavy atom. The van der Waals surface area contributed by atoms with Crippen LogP contribution in [0, 0.1) is 11.7 Å². The SMILES string of the molecule is CNC(=O)C(=O)[C@H](C[C@@H]1C[C@@H](C)NC1=O)NC(=O)c1cc(F)ccc1NC(=O)OC. The van der Waals surface area contributed by atoms with Gasteiger partial charge in [0, 0.05) is 19.0 Å². The number of ether oxygens (including phenoxy) is 1. The Balaban J connectivity index is 2.28. The van der Waals surface area contributed by atoms with E-state index in [1.165, 1.54) is 7.05 Å². The average Bonchev–Trinajstić information content (AvgIpc) is 3.03. The molecule has 30 heavy (non-hydrogen) atoms. The van der Waals surface area contributed by atoms with E-state index in [0.717, 1.165) is 25.3 Å². The summed E-state index contributed by atoms with van der Waals surface area (Å²) in [6, 6.07) is 1.62. The second-order valence-electron chi connectivity index (χ2n) is 6.85. The van der Waals surface area contributed by atoms with Gasteiger partial charge in [-0.25, -0.2) is 9.18 Å². The Labute approximate surface area is 171 Å². The second kappa shape index (κ2) is 9.81. The Morgan fingerprint density at radius 3 is 2.57 bits per heavy atom. The molecule has 2 rings (SSSR count). The van der Waals surface area contributed by atoms with Crippen molar-refractivity contribution in [2.24, 2.45) is 5.92 Å². The minimum absolute atomic E-state index is 0.0564. The van der Waals surface area contributed by atoms with Crippen molar-refractivity contribution >= 4 is 35.3 Å². The van der Waals surface area contributed by atoms with Gasteiger partial charge in [-0.05, 0) is 38.0 Å². The molecule has 11 heteroatoms. The molecule has 0 radical (unpaired) electrons. The molecule has 1 heterocycles. The van der Waals surface area contributed by atoms with Crippen molar-refractivity contribution in [3.63, 3.8) is 0 Å². The number of anilines is 1. The molecule has 0 aliphatic carbocycles. The van der Waals surface area contributed by atoms with Gasteiger partial charge >= 0.3 is 6.09 Å². The van der Waals surface area contributed by atoms with E-state index in [1.807, 2.05) is 0 Å². The van der Waals surface area contributed by atoms with E-state index in [2.05, 4.69) is 26.0 Å². The maximum Gasteiger partial charge on any atom is 0.411 e. The normalized spacial score (nSPS) is 18.7. The molecule has 0 aromatic heterocycles. The Kier molecular flexibility index (Phi) is 7.45. The number of rotatable bonds is 7. The van der Waals surface area contributed by atoms with Crippen LogP contribution in [0.1, 0.15) is 30.1 Å². The van der Waals surface area contributed by atoms with E-state index in [9.17, 15) is 28.4 Å². The van der Waals surface area contributed by atoms with Gasteiger partial charge in [0.15, 0.2) is 0 Å². The van der Waals surface area contributed by atoms with Gasteiger partial charge in [0.1, 0.15) is 5.82 Å². The molecule has 1 aromatic carbocycles. The number of nitrogens with one attached hydrogen (secondary N) is 4. The van der Waals surface area contributed by atoms with E-state index in [0.29, 0.717) is 6.42 Å². The predicted molar refractivity (Wildman–Crippen MR) is 103 cm³/mol. The molecule has 162 valence electrons. The third-order valence-corrected chi connectivity index (χ3v) is 4.64. The molecule has 0 bridgehead atoms. The van der Waals surface area contributed by atoms with Crippen LogP contribution >= 0.6 is 0 Å². The van der Waals surface area contributed by atoms with Crippen molar-refractivity contribution in [3.05, 3.63) is 29.6 Å². The number of carbonyl (C=O) groups excluding carboxylic acids is 5. The van der Waals surface area contributed by atoms with Crippen LogP contribution in [0.4, 0.5) is 14.9 Å². The van der Waals surface area contributed by atoms with Gasteiger partial charge in [-0.15, -0.1) is 0 Å². The van der Waals surface area contributed by atoms with Crippen LogP contribution in [0.3, 0.4) is 0 Å². The van der Waals surface area contributed by atoms with Crippen molar-refractivity contribution in [3.8, 4) is 0 Å². The van der Waals surface area contributed by atoms with E-state index < -0.39 is 41.5 Å². The summed E-state index contributed by atoms with van der Waals surface area (Å²) in [6.07, 6.45) is -0.560. The zero-order valence-electron chi connectivity index (χ0n) is 16.7. The van der Waals surface area contributed by atoms with Crippen LogP contribution < -0.4 is 21.3 Å². The van der Waals surface area contributed by atoms with Gasteiger partial charge in [0.05, 0.1) is 24.4 Å². The highest BCUT2D eigenvalue weighted by Crippen LogP contribution is 2.22. The number of benzene rings is 1. The maximum absolute atomic E-state index is 13.7. The van der Waals surface area contributed by atoms with E-state index in [4.69, 9.17) is 0 Å². The first-order valence-corrected chi connectivity index (χ1v) is 9.18. The maximum atomic E-state index is 13.7. The molecule has 4 amide bonds. The third-order valence-electron chi connectivity index (χ3n) is 4.64. The number of halogens is 1. The van der Waals surface area contributed by atoms with Crippen molar-refractivity contribution in [2.75, 3.05) is 19.5 Å². The van der Waals surface area contributed by atoms with Gasteiger partial charge in [0.2, 0.25) is 11.7 Å². The number of ketones is 1. The van der Waals surface area contributed by atoms with Gasteiger partial charge in [0.25, 0.3) is 11.8 Å². The van der Waals surface area contributed by atoms with Crippen molar-refractivity contribution < 1.29 is 33.1 Å². The zero-order valence-corrected chi connectivity index (χ0v) is 16.7. The molecule has 10 nitrogen and oxygen atoms in total. The highest BCUT2D eigenvalue weighted by atomic mass is 19.1. The lowest BCUT2D eigenvalue weighted by molar-refractivity contribution is -0.139. The van der Waals surface area contributed by atoms with Crippen molar-refractivity contribution in [1.82, 2.24) is 16.0 Å². The van der Waals surface area contributed by atoms with E-state index in [-0.39, 0.29) is 29.6 Å². The van der Waals surface area contributed by atoms with Crippen LogP contribution in [-0.4, -0.2) is 55.8 Å². The average molecular weight is 422 g/mol. The largest absolute Gasteiger partial charge is 0.453 e. The zero-order chi connectivity index (χ0) is 22.4. The molecule has 1 aliphatic heterocycles. The van der Waals surface area contributed by atoms with E-state index >= 15 is 0 Å². The molecule has 1 aliphatic rings. The summed E-state index contributed by atoms with van der Waals surface area (Å²) in [5, 5.41) is 9.55. The van der Waals surface area contributed by atoms with Crippen LogP contribution in [0.2, 0.25) is 0 Å². The molecular formula is C19H23FN4O6.